The fourth-order valence-electron chi connectivity index (χ4n) is 1.67. The quantitative estimate of drug-likeness (QED) is 0.874. The average Bonchev–Trinajstić information content (AvgIpc) is 2.36. The lowest BCUT2D eigenvalue weighted by molar-refractivity contribution is 0.0818. The highest BCUT2D eigenvalue weighted by Gasteiger charge is 2.28. The van der Waals surface area contributed by atoms with Crippen LogP contribution in [0.25, 0.3) is 0 Å². The van der Waals surface area contributed by atoms with Gasteiger partial charge in [0.2, 0.25) is 0 Å². The summed E-state index contributed by atoms with van der Waals surface area (Å²) in [7, 11) is 0. The predicted octanol–water partition coefficient (Wildman–Crippen LogP) is 3.27. The zero-order valence-electron chi connectivity index (χ0n) is 10.5. The summed E-state index contributed by atoms with van der Waals surface area (Å²) in [6.45, 7) is 3.74. The maximum absolute atomic E-state index is 12.1. The number of hydrogen-bond donors (Lipinski definition) is 2. The lowest BCUT2D eigenvalue weighted by Crippen LogP contribution is -2.50. The van der Waals surface area contributed by atoms with E-state index in [1.165, 1.54) is 6.07 Å². The molecular weight excluding hydrogens is 273 g/mol. The Hall–Kier alpha value is -0.770. The molecule has 0 fully saturated rings. The molecule has 0 atom stereocenters. The number of amides is 1. The maximum atomic E-state index is 12.1. The second kappa shape index (κ2) is 6.41. The summed E-state index contributed by atoms with van der Waals surface area (Å²) in [4.78, 5) is 12.1. The van der Waals surface area contributed by atoms with Gasteiger partial charge < -0.3 is 10.4 Å². The van der Waals surface area contributed by atoms with E-state index in [9.17, 15) is 9.90 Å². The summed E-state index contributed by atoms with van der Waals surface area (Å²) in [5, 5.41) is 13.0. The molecule has 1 rings (SSSR count). The average molecular weight is 290 g/mol. The molecule has 0 saturated carbocycles. The number of carbonyl (C=O) groups excluding carboxylic acids is 1. The van der Waals surface area contributed by atoms with E-state index >= 15 is 0 Å². The van der Waals surface area contributed by atoms with Gasteiger partial charge in [0, 0.05) is 5.02 Å². The van der Waals surface area contributed by atoms with Crippen molar-refractivity contribution in [3.8, 4) is 0 Å². The number of carbonyl (C=O) groups is 1. The number of halogens is 2. The van der Waals surface area contributed by atoms with E-state index < -0.39 is 5.54 Å². The van der Waals surface area contributed by atoms with Crippen LogP contribution < -0.4 is 5.32 Å². The summed E-state index contributed by atoms with van der Waals surface area (Å²) in [6.07, 6.45) is 1.30. The summed E-state index contributed by atoms with van der Waals surface area (Å²) in [6, 6.07) is 4.71. The zero-order valence-corrected chi connectivity index (χ0v) is 12.0. The lowest BCUT2D eigenvalue weighted by atomic mass is 9.93. The van der Waals surface area contributed by atoms with Crippen molar-refractivity contribution in [2.75, 3.05) is 6.61 Å². The van der Waals surface area contributed by atoms with Crippen LogP contribution in [0.4, 0.5) is 0 Å². The molecule has 0 aliphatic heterocycles. The topological polar surface area (TPSA) is 49.3 Å². The van der Waals surface area contributed by atoms with Crippen LogP contribution >= 0.6 is 23.2 Å². The minimum absolute atomic E-state index is 0.100. The van der Waals surface area contributed by atoms with Crippen molar-refractivity contribution in [2.24, 2.45) is 0 Å². The number of benzene rings is 1. The Morgan fingerprint density at radius 1 is 1.33 bits per heavy atom. The molecule has 3 nitrogen and oxygen atoms in total. The smallest absolute Gasteiger partial charge is 0.253 e. The van der Waals surface area contributed by atoms with Crippen molar-refractivity contribution in [3.63, 3.8) is 0 Å². The standard InChI is InChI=1S/C13H17Cl2NO2/c1-3-13(4-2,8-17)16-12(18)10-6-5-9(14)7-11(10)15/h5-7,17H,3-4,8H2,1-2H3,(H,16,18). The third-order valence-electron chi connectivity index (χ3n) is 3.21. The predicted molar refractivity (Wildman–Crippen MR) is 74.3 cm³/mol. The van der Waals surface area contributed by atoms with Crippen LogP contribution in [0, 0.1) is 0 Å². The van der Waals surface area contributed by atoms with Crippen molar-refractivity contribution < 1.29 is 9.90 Å². The van der Waals surface area contributed by atoms with E-state index in [0.717, 1.165) is 0 Å². The number of rotatable bonds is 5. The molecule has 0 spiro atoms. The molecule has 0 radical (unpaired) electrons. The fraction of sp³-hybridized carbons (Fsp3) is 0.462. The summed E-state index contributed by atoms with van der Waals surface area (Å²) in [5.74, 6) is -0.297. The molecule has 18 heavy (non-hydrogen) atoms. The Bertz CT molecular complexity index is 423. The third-order valence-corrected chi connectivity index (χ3v) is 3.76. The molecule has 0 unspecified atom stereocenters. The van der Waals surface area contributed by atoms with Crippen LogP contribution in [0.5, 0.6) is 0 Å². The first kappa shape index (κ1) is 15.3. The SMILES string of the molecule is CCC(CC)(CO)NC(=O)c1ccc(Cl)cc1Cl. The highest BCUT2D eigenvalue weighted by molar-refractivity contribution is 6.36. The Balaban J connectivity index is 2.94. The van der Waals surface area contributed by atoms with E-state index in [1.807, 2.05) is 13.8 Å². The first-order chi connectivity index (χ1) is 8.48. The zero-order chi connectivity index (χ0) is 13.8. The molecule has 0 heterocycles. The van der Waals surface area contributed by atoms with Gasteiger partial charge in [-0.25, -0.2) is 0 Å². The fourth-order valence-corrected chi connectivity index (χ4v) is 2.17. The molecule has 1 aromatic carbocycles. The minimum atomic E-state index is -0.597. The summed E-state index contributed by atoms with van der Waals surface area (Å²) in [5.41, 5.74) is -0.235. The van der Waals surface area contributed by atoms with Gasteiger partial charge in [0.1, 0.15) is 0 Å². The molecule has 0 saturated heterocycles. The Morgan fingerprint density at radius 2 is 1.94 bits per heavy atom. The molecule has 1 aromatic rings. The molecule has 1 amide bonds. The molecular formula is C13H17Cl2NO2. The van der Waals surface area contributed by atoms with Crippen LogP contribution in [0.2, 0.25) is 10.0 Å². The number of aliphatic hydroxyl groups excluding tert-OH is 1. The van der Waals surface area contributed by atoms with Gasteiger partial charge in [0.15, 0.2) is 0 Å². The highest BCUT2D eigenvalue weighted by Crippen LogP contribution is 2.22. The van der Waals surface area contributed by atoms with Crippen molar-refractivity contribution in [1.82, 2.24) is 5.32 Å². The second-order valence-electron chi connectivity index (χ2n) is 4.22. The van der Waals surface area contributed by atoms with Crippen LogP contribution in [-0.2, 0) is 0 Å². The third kappa shape index (κ3) is 3.37. The van der Waals surface area contributed by atoms with Crippen molar-refractivity contribution in [3.05, 3.63) is 33.8 Å². The first-order valence-corrected chi connectivity index (χ1v) is 6.62. The molecule has 0 aromatic heterocycles. The highest BCUT2D eigenvalue weighted by atomic mass is 35.5. The molecule has 100 valence electrons. The number of nitrogens with one attached hydrogen (secondary N) is 1. The normalized spacial score (nSPS) is 11.4. The number of hydrogen-bond acceptors (Lipinski definition) is 2. The molecule has 5 heteroatoms. The van der Waals surface area contributed by atoms with Crippen molar-refractivity contribution in [1.29, 1.82) is 0 Å². The van der Waals surface area contributed by atoms with Gasteiger partial charge in [-0.15, -0.1) is 0 Å². The molecule has 0 aliphatic carbocycles. The van der Waals surface area contributed by atoms with E-state index in [1.54, 1.807) is 12.1 Å². The van der Waals surface area contributed by atoms with E-state index in [-0.39, 0.29) is 12.5 Å². The van der Waals surface area contributed by atoms with Crippen LogP contribution in [-0.4, -0.2) is 23.2 Å². The van der Waals surface area contributed by atoms with E-state index in [4.69, 9.17) is 23.2 Å². The Kier molecular flexibility index (Phi) is 5.45. The Morgan fingerprint density at radius 3 is 2.39 bits per heavy atom. The number of aliphatic hydroxyl groups is 1. The van der Waals surface area contributed by atoms with Gasteiger partial charge >= 0.3 is 0 Å². The van der Waals surface area contributed by atoms with E-state index in [2.05, 4.69) is 5.32 Å². The maximum Gasteiger partial charge on any atom is 0.253 e. The van der Waals surface area contributed by atoms with Crippen LogP contribution in [0.3, 0.4) is 0 Å². The summed E-state index contributed by atoms with van der Waals surface area (Å²) >= 11 is 11.8. The van der Waals surface area contributed by atoms with Gasteiger partial charge in [0.05, 0.1) is 22.7 Å². The summed E-state index contributed by atoms with van der Waals surface area (Å²) < 4.78 is 0. The minimum Gasteiger partial charge on any atom is -0.394 e. The lowest BCUT2D eigenvalue weighted by Gasteiger charge is -2.30. The van der Waals surface area contributed by atoms with Gasteiger partial charge in [0.25, 0.3) is 5.91 Å². The monoisotopic (exact) mass is 289 g/mol. The van der Waals surface area contributed by atoms with E-state index in [0.29, 0.717) is 28.5 Å². The van der Waals surface area contributed by atoms with Crippen molar-refractivity contribution in [2.45, 2.75) is 32.2 Å². The van der Waals surface area contributed by atoms with Crippen molar-refractivity contribution >= 4 is 29.1 Å². The van der Waals surface area contributed by atoms with Crippen LogP contribution in [0.1, 0.15) is 37.0 Å². The van der Waals surface area contributed by atoms with Gasteiger partial charge in [-0.05, 0) is 31.0 Å². The van der Waals surface area contributed by atoms with Gasteiger partial charge in [-0.1, -0.05) is 37.0 Å². The molecule has 2 N–H and O–H groups in total. The molecule has 0 bridgehead atoms. The molecule has 0 aliphatic rings. The second-order valence-corrected chi connectivity index (χ2v) is 5.07. The van der Waals surface area contributed by atoms with Crippen LogP contribution in [0.15, 0.2) is 18.2 Å². The van der Waals surface area contributed by atoms with Gasteiger partial charge in [-0.3, -0.25) is 4.79 Å². The largest absolute Gasteiger partial charge is 0.394 e. The first-order valence-electron chi connectivity index (χ1n) is 5.86. The van der Waals surface area contributed by atoms with Gasteiger partial charge in [-0.2, -0.15) is 0 Å². The Labute approximate surface area is 117 Å².